The van der Waals surface area contributed by atoms with Crippen molar-refractivity contribution < 1.29 is 19.1 Å². The number of carbonyl (C=O) groups excluding carboxylic acids is 2. The van der Waals surface area contributed by atoms with E-state index in [4.69, 9.17) is 9.47 Å². The summed E-state index contributed by atoms with van der Waals surface area (Å²) in [6.07, 6.45) is 5.73. The van der Waals surface area contributed by atoms with Gasteiger partial charge >= 0.3 is 5.97 Å². The highest BCUT2D eigenvalue weighted by molar-refractivity contribution is 5.76. The van der Waals surface area contributed by atoms with Gasteiger partial charge in [0.15, 0.2) is 0 Å². The number of rotatable bonds is 5. The minimum atomic E-state index is -0.194. The van der Waals surface area contributed by atoms with Crippen LogP contribution in [0.5, 0.6) is 0 Å². The molecule has 88 valence electrons. The van der Waals surface area contributed by atoms with Crippen LogP contribution in [0.1, 0.15) is 26.2 Å². The van der Waals surface area contributed by atoms with E-state index in [1.807, 2.05) is 12.2 Å². The predicted octanol–water partition coefficient (Wildman–Crippen LogP) is 1.24. The summed E-state index contributed by atoms with van der Waals surface area (Å²) in [5, 5.41) is 0. The van der Waals surface area contributed by atoms with Crippen LogP contribution in [0.4, 0.5) is 0 Å². The van der Waals surface area contributed by atoms with Gasteiger partial charge in [0.05, 0.1) is 24.7 Å². The first-order chi connectivity index (χ1) is 7.66. The fourth-order valence-electron chi connectivity index (χ4n) is 2.10. The van der Waals surface area contributed by atoms with Gasteiger partial charge in [0.2, 0.25) is 0 Å². The van der Waals surface area contributed by atoms with E-state index in [9.17, 15) is 9.59 Å². The fraction of sp³-hybridized carbons (Fsp3) is 0.667. The van der Waals surface area contributed by atoms with E-state index in [-0.39, 0.29) is 29.9 Å². The normalized spacial score (nSPS) is 30.7. The molecule has 2 bridgehead atoms. The Morgan fingerprint density at radius 3 is 2.81 bits per heavy atom. The molecule has 3 atom stereocenters. The molecule has 0 aromatic heterocycles. The van der Waals surface area contributed by atoms with E-state index in [1.165, 1.54) is 6.92 Å². The van der Waals surface area contributed by atoms with E-state index in [1.54, 1.807) is 0 Å². The number of esters is 1. The first-order valence-electron chi connectivity index (χ1n) is 5.66. The highest BCUT2D eigenvalue weighted by Gasteiger charge is 2.41. The van der Waals surface area contributed by atoms with Crippen LogP contribution in [0, 0.1) is 5.92 Å². The first kappa shape index (κ1) is 11.3. The third-order valence-electron chi connectivity index (χ3n) is 2.95. The van der Waals surface area contributed by atoms with E-state index in [0.717, 1.165) is 6.42 Å². The topological polar surface area (TPSA) is 52.6 Å². The lowest BCUT2D eigenvalue weighted by Crippen LogP contribution is -2.25. The Hall–Kier alpha value is -1.16. The zero-order chi connectivity index (χ0) is 11.5. The second-order valence-electron chi connectivity index (χ2n) is 4.34. The van der Waals surface area contributed by atoms with Crippen LogP contribution in [0.15, 0.2) is 12.2 Å². The lowest BCUT2D eigenvalue weighted by Gasteiger charge is -2.14. The maximum Gasteiger partial charge on any atom is 0.312 e. The molecule has 4 nitrogen and oxygen atoms in total. The molecule has 1 saturated heterocycles. The van der Waals surface area contributed by atoms with E-state index in [0.29, 0.717) is 19.4 Å². The predicted molar refractivity (Wildman–Crippen MR) is 56.8 cm³/mol. The molecule has 0 amide bonds. The third kappa shape index (κ3) is 2.50. The van der Waals surface area contributed by atoms with Gasteiger partial charge in [0.25, 0.3) is 0 Å². The smallest absolute Gasteiger partial charge is 0.312 e. The molecule has 2 aliphatic heterocycles. The van der Waals surface area contributed by atoms with Crippen molar-refractivity contribution in [1.82, 2.24) is 0 Å². The maximum atomic E-state index is 11.7. The zero-order valence-corrected chi connectivity index (χ0v) is 9.35. The van der Waals surface area contributed by atoms with Gasteiger partial charge in [0.1, 0.15) is 5.78 Å². The summed E-state index contributed by atoms with van der Waals surface area (Å²) in [4.78, 5) is 22.3. The average molecular weight is 224 g/mol. The Kier molecular flexibility index (Phi) is 3.39. The molecule has 2 aliphatic rings. The molecule has 1 fully saturated rings. The van der Waals surface area contributed by atoms with Crippen molar-refractivity contribution >= 4 is 11.8 Å². The number of ether oxygens (including phenoxy) is 2. The first-order valence-corrected chi connectivity index (χ1v) is 5.66. The molecular formula is C12H16O4. The van der Waals surface area contributed by atoms with Gasteiger partial charge in [0, 0.05) is 6.42 Å². The van der Waals surface area contributed by atoms with Crippen LogP contribution in [0.3, 0.4) is 0 Å². The lowest BCUT2D eigenvalue weighted by molar-refractivity contribution is -0.149. The second kappa shape index (κ2) is 4.78. The molecule has 0 aromatic carbocycles. The van der Waals surface area contributed by atoms with Crippen LogP contribution in [0.2, 0.25) is 0 Å². The number of ketones is 1. The fourth-order valence-corrected chi connectivity index (χ4v) is 2.10. The molecule has 0 aromatic rings. The van der Waals surface area contributed by atoms with Gasteiger partial charge in [-0.1, -0.05) is 12.2 Å². The Balaban J connectivity index is 1.69. The second-order valence-corrected chi connectivity index (χ2v) is 4.34. The quantitative estimate of drug-likeness (QED) is 0.400. The summed E-state index contributed by atoms with van der Waals surface area (Å²) in [7, 11) is 0. The summed E-state index contributed by atoms with van der Waals surface area (Å²) in [5.41, 5.74) is 0. The Bertz CT molecular complexity index is 321. The summed E-state index contributed by atoms with van der Waals surface area (Å²) < 4.78 is 10.6. The van der Waals surface area contributed by atoms with Gasteiger partial charge in [-0.3, -0.25) is 4.79 Å². The summed E-state index contributed by atoms with van der Waals surface area (Å²) in [6, 6.07) is 0. The van der Waals surface area contributed by atoms with Gasteiger partial charge in [-0.05, 0) is 19.8 Å². The molecule has 2 heterocycles. The molecule has 0 spiro atoms. The van der Waals surface area contributed by atoms with Gasteiger partial charge in [-0.2, -0.15) is 0 Å². The van der Waals surface area contributed by atoms with Crippen molar-refractivity contribution in [2.24, 2.45) is 5.92 Å². The molecule has 4 heteroatoms. The minimum absolute atomic E-state index is 0.0923. The summed E-state index contributed by atoms with van der Waals surface area (Å²) >= 11 is 0. The molecule has 0 saturated carbocycles. The van der Waals surface area contributed by atoms with Crippen molar-refractivity contribution in [2.45, 2.75) is 38.4 Å². The summed E-state index contributed by atoms with van der Waals surface area (Å²) in [5.74, 6) is -0.213. The van der Waals surface area contributed by atoms with Crippen molar-refractivity contribution in [1.29, 1.82) is 0 Å². The molecular weight excluding hydrogens is 208 g/mol. The molecule has 0 aliphatic carbocycles. The Morgan fingerprint density at radius 2 is 2.25 bits per heavy atom. The standard InChI is InChI=1S/C12H16O4/c1-8(13)3-2-6-15-12(14)10-7-9-4-5-11(10)16-9/h4-5,9-11H,2-3,6-7H2,1H3/t9?,10-,11?/m0/s1. The number of hydrogen-bond acceptors (Lipinski definition) is 4. The minimum Gasteiger partial charge on any atom is -0.465 e. The van der Waals surface area contributed by atoms with Crippen LogP contribution in [0.25, 0.3) is 0 Å². The number of fused-ring (bicyclic) bond motifs is 2. The van der Waals surface area contributed by atoms with Crippen LogP contribution in [-0.2, 0) is 19.1 Å². The Morgan fingerprint density at radius 1 is 1.44 bits per heavy atom. The molecule has 16 heavy (non-hydrogen) atoms. The monoisotopic (exact) mass is 224 g/mol. The van der Waals surface area contributed by atoms with E-state index >= 15 is 0 Å². The SMILES string of the molecule is CC(=O)CCCOC(=O)[C@H]1CC2C=CC1O2. The highest BCUT2D eigenvalue weighted by Crippen LogP contribution is 2.34. The highest BCUT2D eigenvalue weighted by atomic mass is 16.5. The third-order valence-corrected chi connectivity index (χ3v) is 2.95. The molecule has 0 radical (unpaired) electrons. The van der Waals surface area contributed by atoms with Gasteiger partial charge in [-0.15, -0.1) is 0 Å². The summed E-state index contributed by atoms with van der Waals surface area (Å²) in [6.45, 7) is 1.87. The van der Waals surface area contributed by atoms with Crippen molar-refractivity contribution in [3.63, 3.8) is 0 Å². The Labute approximate surface area is 94.6 Å². The molecule has 2 rings (SSSR count). The van der Waals surface area contributed by atoms with Gasteiger partial charge < -0.3 is 14.3 Å². The number of hydrogen-bond donors (Lipinski definition) is 0. The van der Waals surface area contributed by atoms with Crippen molar-refractivity contribution in [2.75, 3.05) is 6.61 Å². The number of Topliss-reactive ketones (excluding diaryl/α,β-unsaturated/α-hetero) is 1. The maximum absolute atomic E-state index is 11.7. The van der Waals surface area contributed by atoms with Crippen LogP contribution >= 0.6 is 0 Å². The number of carbonyl (C=O) groups is 2. The zero-order valence-electron chi connectivity index (χ0n) is 9.35. The van der Waals surface area contributed by atoms with E-state index in [2.05, 4.69) is 0 Å². The van der Waals surface area contributed by atoms with E-state index < -0.39 is 0 Å². The average Bonchev–Trinajstić information content (AvgIpc) is 2.85. The molecule has 0 N–H and O–H groups in total. The van der Waals surface area contributed by atoms with Crippen LogP contribution < -0.4 is 0 Å². The van der Waals surface area contributed by atoms with Crippen molar-refractivity contribution in [3.8, 4) is 0 Å². The largest absolute Gasteiger partial charge is 0.465 e. The van der Waals surface area contributed by atoms with Crippen LogP contribution in [-0.4, -0.2) is 30.6 Å². The lowest BCUT2D eigenvalue weighted by atomic mass is 9.95. The van der Waals surface area contributed by atoms with Crippen molar-refractivity contribution in [3.05, 3.63) is 12.2 Å². The molecule has 2 unspecified atom stereocenters. The van der Waals surface area contributed by atoms with Gasteiger partial charge in [-0.25, -0.2) is 0 Å².